The molecule has 1 atom stereocenters. The van der Waals surface area contributed by atoms with Crippen LogP contribution in [-0.2, 0) is 20.4 Å². The van der Waals surface area contributed by atoms with Gasteiger partial charge in [-0.2, -0.15) is 9.57 Å². The van der Waals surface area contributed by atoms with Crippen LogP contribution in [0.15, 0.2) is 95.9 Å². The molecule has 0 radical (unpaired) electrons. The first-order chi connectivity index (χ1) is 22.9. The van der Waals surface area contributed by atoms with Crippen LogP contribution in [0.5, 0.6) is 11.5 Å². The summed E-state index contributed by atoms with van der Waals surface area (Å²) in [6.45, 7) is 3.24. The molecule has 2 aliphatic heterocycles. The molecular weight excluding hydrogens is 649 g/mol. The van der Waals surface area contributed by atoms with E-state index in [-0.39, 0.29) is 40.7 Å². The molecule has 14 heteroatoms. The maximum absolute atomic E-state index is 14.9. The lowest BCUT2D eigenvalue weighted by Crippen LogP contribution is -2.55. The summed E-state index contributed by atoms with van der Waals surface area (Å²) < 4.78 is 80.4. The molecule has 4 aromatic carbocycles. The maximum atomic E-state index is 14.9. The Balaban J connectivity index is 1.59. The Morgan fingerprint density at radius 3 is 2.29 bits per heavy atom. The number of fused-ring (bicyclic) bond motifs is 1. The number of sulfonamides is 1. The molecule has 1 saturated heterocycles. The predicted octanol–water partition coefficient (Wildman–Crippen LogP) is 4.95. The number of alkyl halides is 3. The van der Waals surface area contributed by atoms with Gasteiger partial charge in [-0.05, 0) is 61.0 Å². The van der Waals surface area contributed by atoms with Crippen molar-refractivity contribution in [3.8, 4) is 17.6 Å². The van der Waals surface area contributed by atoms with Gasteiger partial charge >= 0.3 is 6.36 Å². The molecule has 0 aromatic heterocycles. The molecule has 48 heavy (non-hydrogen) atoms. The third-order valence-corrected chi connectivity index (χ3v) is 9.90. The van der Waals surface area contributed by atoms with Gasteiger partial charge < -0.3 is 20.1 Å². The zero-order valence-electron chi connectivity index (χ0n) is 25.2. The van der Waals surface area contributed by atoms with Crippen molar-refractivity contribution in [2.24, 2.45) is 0 Å². The van der Waals surface area contributed by atoms with Gasteiger partial charge in [-0.1, -0.05) is 42.5 Å². The number of rotatable bonds is 9. The summed E-state index contributed by atoms with van der Waals surface area (Å²) in [5, 5.41) is 15.5. The fourth-order valence-corrected chi connectivity index (χ4v) is 7.45. The summed E-state index contributed by atoms with van der Waals surface area (Å²) in [5.74, 6) is -2.93. The van der Waals surface area contributed by atoms with E-state index in [1.807, 2.05) is 6.07 Å². The topological polar surface area (TPSA) is 138 Å². The summed E-state index contributed by atoms with van der Waals surface area (Å²) in [5.41, 5.74) is -2.73. The fraction of sp³-hybridized carbons (Fsp3) is 0.206. The Hall–Kier alpha value is -5.39. The Morgan fingerprint density at radius 2 is 1.67 bits per heavy atom. The van der Waals surface area contributed by atoms with E-state index in [0.29, 0.717) is 4.31 Å². The van der Waals surface area contributed by atoms with E-state index in [4.69, 9.17) is 4.74 Å². The largest absolute Gasteiger partial charge is 0.573 e. The van der Waals surface area contributed by atoms with Crippen LogP contribution in [0.25, 0.3) is 0 Å². The van der Waals surface area contributed by atoms with Crippen LogP contribution in [0.4, 0.5) is 18.9 Å². The lowest BCUT2D eigenvalue weighted by atomic mass is 9.82. The minimum absolute atomic E-state index is 0.0495. The SMILES string of the molecule is CCOc1ccccc1S(=O)(=O)N1C(=O)C(NC(=O)c2ccc(C3CNC3)cc2)(c2ccccc2OC(F)(F)F)c2cc(C#N)ccc21. The highest BCUT2D eigenvalue weighted by atomic mass is 32.2. The van der Waals surface area contributed by atoms with Crippen molar-refractivity contribution in [1.29, 1.82) is 5.26 Å². The highest BCUT2D eigenvalue weighted by Crippen LogP contribution is 2.50. The second kappa shape index (κ2) is 12.3. The van der Waals surface area contributed by atoms with Gasteiger partial charge in [0.2, 0.25) is 0 Å². The van der Waals surface area contributed by atoms with E-state index in [0.717, 1.165) is 36.9 Å². The van der Waals surface area contributed by atoms with Crippen LogP contribution in [0.2, 0.25) is 0 Å². The standard InChI is InChI=1S/C34H27F3N4O6S/c1-2-46-29-9-5-6-10-30(29)48(44,45)41-27-16-11-21(18-38)17-26(27)33(32(41)43,25-7-3-4-8-28(25)47-34(35,36)37)40-31(42)23-14-12-22(13-15-23)24-19-39-20-24/h3-17,24,39H,2,19-20H2,1H3,(H,40,42). The van der Waals surface area contributed by atoms with Gasteiger partial charge in [-0.15, -0.1) is 13.2 Å². The first-order valence-corrected chi connectivity index (χ1v) is 16.2. The number of amides is 2. The molecule has 1 unspecified atom stereocenters. The van der Waals surface area contributed by atoms with Gasteiger partial charge in [0.15, 0.2) is 5.54 Å². The van der Waals surface area contributed by atoms with Gasteiger partial charge in [0.05, 0.1) is 23.9 Å². The van der Waals surface area contributed by atoms with Gasteiger partial charge in [-0.3, -0.25) is 9.59 Å². The second-order valence-corrected chi connectivity index (χ2v) is 12.8. The molecular formula is C34H27F3N4O6S. The minimum Gasteiger partial charge on any atom is -0.492 e. The number of carbonyl (C=O) groups excluding carboxylic acids is 2. The average molecular weight is 677 g/mol. The molecule has 6 rings (SSSR count). The zero-order valence-corrected chi connectivity index (χ0v) is 26.1. The number of benzene rings is 4. The quantitative estimate of drug-likeness (QED) is 0.254. The first-order valence-electron chi connectivity index (χ1n) is 14.8. The Labute approximate surface area is 273 Å². The molecule has 0 bridgehead atoms. The van der Waals surface area contributed by atoms with Gasteiger partial charge in [-0.25, -0.2) is 8.42 Å². The minimum atomic E-state index is -5.23. The predicted molar refractivity (Wildman–Crippen MR) is 167 cm³/mol. The number of nitrogens with zero attached hydrogens (tertiary/aromatic N) is 2. The monoisotopic (exact) mass is 676 g/mol. The average Bonchev–Trinajstić information content (AvgIpc) is 3.28. The number of hydrogen-bond acceptors (Lipinski definition) is 8. The number of nitrogens with one attached hydrogen (secondary N) is 2. The summed E-state index contributed by atoms with van der Waals surface area (Å²) in [7, 11) is -4.86. The van der Waals surface area contributed by atoms with E-state index in [2.05, 4.69) is 15.4 Å². The van der Waals surface area contributed by atoms with Gasteiger partial charge in [0.1, 0.15) is 16.4 Å². The highest BCUT2D eigenvalue weighted by molar-refractivity contribution is 7.93. The highest BCUT2D eigenvalue weighted by Gasteiger charge is 2.59. The van der Waals surface area contributed by atoms with Crippen LogP contribution in [0, 0.1) is 11.3 Å². The van der Waals surface area contributed by atoms with E-state index in [1.54, 1.807) is 19.1 Å². The molecule has 4 aromatic rings. The van der Waals surface area contributed by atoms with Crippen LogP contribution in [-0.4, -0.2) is 46.3 Å². The van der Waals surface area contributed by atoms with Crippen molar-refractivity contribution in [2.45, 2.75) is 29.6 Å². The van der Waals surface area contributed by atoms with Gasteiger partial charge in [0, 0.05) is 35.7 Å². The third kappa shape index (κ3) is 5.61. The molecule has 2 N–H and O–H groups in total. The van der Waals surface area contributed by atoms with E-state index in [1.165, 1.54) is 60.7 Å². The number of anilines is 1. The molecule has 0 aliphatic carbocycles. The molecule has 2 amide bonds. The maximum Gasteiger partial charge on any atom is 0.573 e. The van der Waals surface area contributed by atoms with E-state index in [9.17, 15) is 36.4 Å². The van der Waals surface area contributed by atoms with Crippen molar-refractivity contribution >= 4 is 27.5 Å². The smallest absolute Gasteiger partial charge is 0.492 e. The van der Waals surface area contributed by atoms with Crippen LogP contribution < -0.4 is 24.4 Å². The number of halogens is 3. The number of hydrogen-bond donors (Lipinski definition) is 2. The Morgan fingerprint density at radius 1 is 1.00 bits per heavy atom. The molecule has 10 nitrogen and oxygen atoms in total. The van der Waals surface area contributed by atoms with E-state index >= 15 is 0 Å². The Bertz CT molecular complexity index is 2060. The third-order valence-electron chi connectivity index (χ3n) is 8.16. The number of ether oxygens (including phenoxy) is 2. The lowest BCUT2D eigenvalue weighted by molar-refractivity contribution is -0.275. The lowest BCUT2D eigenvalue weighted by Gasteiger charge is -2.32. The molecule has 246 valence electrons. The van der Waals surface area contributed by atoms with Crippen LogP contribution >= 0.6 is 0 Å². The first kappa shape index (κ1) is 32.5. The summed E-state index contributed by atoms with van der Waals surface area (Å²) >= 11 is 0. The number of para-hydroxylation sites is 2. The Kier molecular flexibility index (Phi) is 8.36. The van der Waals surface area contributed by atoms with Crippen molar-refractivity contribution in [3.63, 3.8) is 0 Å². The number of nitriles is 1. The summed E-state index contributed by atoms with van der Waals surface area (Å²) in [6.07, 6.45) is -5.23. The van der Waals surface area contributed by atoms with Gasteiger partial charge in [0.25, 0.3) is 21.8 Å². The van der Waals surface area contributed by atoms with Crippen molar-refractivity contribution in [3.05, 3.63) is 119 Å². The normalized spacial score (nSPS) is 17.6. The van der Waals surface area contributed by atoms with Crippen LogP contribution in [0.1, 0.15) is 45.5 Å². The zero-order chi connectivity index (χ0) is 34.3. The van der Waals surface area contributed by atoms with Crippen molar-refractivity contribution in [1.82, 2.24) is 10.6 Å². The molecule has 2 aliphatic rings. The van der Waals surface area contributed by atoms with Crippen LogP contribution in [0.3, 0.4) is 0 Å². The second-order valence-electron chi connectivity index (χ2n) is 11.0. The fourth-order valence-electron chi connectivity index (χ4n) is 5.85. The van der Waals surface area contributed by atoms with E-state index < -0.39 is 49.9 Å². The van der Waals surface area contributed by atoms with Crippen molar-refractivity contribution in [2.75, 3.05) is 24.0 Å². The molecule has 0 saturated carbocycles. The molecule has 2 heterocycles. The summed E-state index contributed by atoms with van der Waals surface area (Å²) in [4.78, 5) is 28.5. The number of carbonyl (C=O) groups is 2. The molecule has 0 spiro atoms. The summed E-state index contributed by atoms with van der Waals surface area (Å²) in [6, 6.07) is 22.2. The molecule has 1 fully saturated rings. The van der Waals surface area contributed by atoms with Crippen molar-refractivity contribution < 1.29 is 40.7 Å².